The largest absolute Gasteiger partial charge is 0.495 e. The van der Waals surface area contributed by atoms with Gasteiger partial charge in [0.1, 0.15) is 11.6 Å². The minimum atomic E-state index is -0.828. The van der Waals surface area contributed by atoms with Gasteiger partial charge >= 0.3 is 0 Å². The molecule has 1 aliphatic rings. The number of methoxy groups -OCH3 is 1. The van der Waals surface area contributed by atoms with Crippen LogP contribution in [0.1, 0.15) is 5.56 Å². The third-order valence-electron chi connectivity index (χ3n) is 3.51. The van der Waals surface area contributed by atoms with E-state index >= 15 is 0 Å². The number of rotatable bonds is 3. The van der Waals surface area contributed by atoms with E-state index in [0.29, 0.717) is 5.75 Å². The molecule has 1 atom stereocenters. The van der Waals surface area contributed by atoms with Gasteiger partial charge in [-0.25, -0.2) is 4.99 Å². The second-order valence-corrected chi connectivity index (χ2v) is 5.97. The van der Waals surface area contributed by atoms with Gasteiger partial charge in [0, 0.05) is 11.5 Å². The quantitative estimate of drug-likeness (QED) is 0.423. The van der Waals surface area contributed by atoms with E-state index in [1.165, 1.54) is 0 Å². The lowest BCUT2D eigenvalue weighted by Crippen LogP contribution is -2.30. The predicted octanol–water partition coefficient (Wildman–Crippen LogP) is 2.37. The number of aromatic nitrogens is 4. The first kappa shape index (κ1) is 13.1. The lowest BCUT2D eigenvalue weighted by Gasteiger charge is -2.29. The summed E-state index contributed by atoms with van der Waals surface area (Å²) in [5.74, 6) is 1.47. The minimum absolute atomic E-state index is 0.689. The number of anilines is 2. The van der Waals surface area contributed by atoms with Crippen molar-refractivity contribution in [2.24, 2.45) is 4.99 Å². The molecule has 4 N–H and O–H groups in total. The summed E-state index contributed by atoms with van der Waals surface area (Å²) in [5.41, 5.74) is 2.55. The van der Waals surface area contributed by atoms with Crippen LogP contribution in [0.4, 0.5) is 11.5 Å². The summed E-state index contributed by atoms with van der Waals surface area (Å²) in [5, 5.41) is 21.2. The van der Waals surface area contributed by atoms with Gasteiger partial charge in [-0.15, -0.1) is 0 Å². The van der Waals surface area contributed by atoms with Crippen molar-refractivity contribution in [2.75, 3.05) is 17.7 Å². The molecule has 0 saturated heterocycles. The Balaban J connectivity index is 1.80. The van der Waals surface area contributed by atoms with Crippen LogP contribution in [0, 0.1) is 0 Å². The number of benzene rings is 1. The van der Waals surface area contributed by atoms with E-state index in [9.17, 15) is 0 Å². The molecule has 22 heavy (non-hydrogen) atoms. The van der Waals surface area contributed by atoms with Gasteiger partial charge in [0.05, 0.1) is 42.6 Å². The van der Waals surface area contributed by atoms with Gasteiger partial charge < -0.3 is 15.4 Å². The van der Waals surface area contributed by atoms with Crippen LogP contribution in [0.3, 0.4) is 0 Å². The van der Waals surface area contributed by atoms with Crippen molar-refractivity contribution in [3.05, 3.63) is 30.1 Å². The number of aromatic amines is 2. The van der Waals surface area contributed by atoms with Crippen LogP contribution in [0.25, 0.3) is 10.9 Å². The summed E-state index contributed by atoms with van der Waals surface area (Å²) < 4.78 is 4.63. The zero-order chi connectivity index (χ0) is 15.2. The van der Waals surface area contributed by atoms with Gasteiger partial charge in [-0.3, -0.25) is 10.2 Å². The molecule has 2 aromatic heterocycles. The van der Waals surface area contributed by atoms with E-state index in [1.54, 1.807) is 25.8 Å². The molecule has 8 nitrogen and oxygen atoms in total. The summed E-state index contributed by atoms with van der Waals surface area (Å²) in [6.07, 6.45) is 5.07. The molecule has 0 bridgehead atoms. The Labute approximate surface area is 133 Å². The van der Waals surface area contributed by atoms with Gasteiger partial charge in [0.15, 0.2) is 0 Å². The highest BCUT2D eigenvalue weighted by atomic mass is 79.9. The van der Waals surface area contributed by atoms with Crippen LogP contribution in [-0.4, -0.2) is 33.8 Å². The molecule has 0 amide bonds. The van der Waals surface area contributed by atoms with Gasteiger partial charge in [0.25, 0.3) is 0 Å². The van der Waals surface area contributed by atoms with Crippen LogP contribution in [-0.2, 0) is 4.57 Å². The standard InChI is InChI=1S/C13H12BrN7O/c1-22-11-3-9-7(4-17-20-9)2-10(11)19-13(14)8-5-18-21-12(8)15-6-16-13/h2-6,19H,1H3,(H,17,20)(H2,15,16,18,21). The Morgan fingerprint density at radius 1 is 1.23 bits per heavy atom. The molecule has 0 fully saturated rings. The SMILES string of the molecule is COc1cc2[nH]ncc2cc1NC1(Br)N=CNc2[nH]ncc21. The normalized spacial score (nSPS) is 19.7. The van der Waals surface area contributed by atoms with E-state index in [1.807, 2.05) is 12.1 Å². The molecule has 0 radical (unpaired) electrons. The number of hydrogen-bond acceptors (Lipinski definition) is 6. The Hall–Kier alpha value is -2.55. The molecular formula is C13H12BrN7O. The van der Waals surface area contributed by atoms with E-state index in [4.69, 9.17) is 4.74 Å². The van der Waals surface area contributed by atoms with Crippen LogP contribution in [0.15, 0.2) is 29.5 Å². The van der Waals surface area contributed by atoms with Crippen LogP contribution in [0.5, 0.6) is 5.75 Å². The van der Waals surface area contributed by atoms with Gasteiger partial charge in [0.2, 0.25) is 4.57 Å². The lowest BCUT2D eigenvalue weighted by molar-refractivity contribution is 0.416. The molecule has 1 aromatic carbocycles. The first-order valence-electron chi connectivity index (χ1n) is 6.52. The Bertz CT molecular complexity index is 870. The molecule has 112 valence electrons. The summed E-state index contributed by atoms with van der Waals surface area (Å²) >= 11 is 3.64. The Morgan fingerprint density at radius 3 is 2.95 bits per heavy atom. The fourth-order valence-corrected chi connectivity index (χ4v) is 3.04. The zero-order valence-electron chi connectivity index (χ0n) is 11.5. The third kappa shape index (κ3) is 1.93. The molecule has 0 saturated carbocycles. The molecule has 1 aliphatic heterocycles. The first-order valence-corrected chi connectivity index (χ1v) is 7.31. The average Bonchev–Trinajstić information content (AvgIpc) is 3.15. The summed E-state index contributed by atoms with van der Waals surface area (Å²) in [6, 6.07) is 3.85. The number of hydrogen-bond donors (Lipinski definition) is 4. The molecule has 3 aromatic rings. The minimum Gasteiger partial charge on any atom is -0.495 e. The number of aliphatic imine (C=N–C) groups is 1. The second-order valence-electron chi connectivity index (χ2n) is 4.82. The highest BCUT2D eigenvalue weighted by Gasteiger charge is 2.35. The number of alkyl halides is 1. The predicted molar refractivity (Wildman–Crippen MR) is 87.6 cm³/mol. The van der Waals surface area contributed by atoms with E-state index in [-0.39, 0.29) is 0 Å². The average molecular weight is 362 g/mol. The number of halogens is 1. The zero-order valence-corrected chi connectivity index (χ0v) is 13.1. The molecule has 0 spiro atoms. The number of H-pyrrole nitrogens is 2. The van der Waals surface area contributed by atoms with Gasteiger partial charge in [-0.1, -0.05) is 0 Å². The van der Waals surface area contributed by atoms with Gasteiger partial charge in [-0.2, -0.15) is 10.2 Å². The molecule has 1 unspecified atom stereocenters. The van der Waals surface area contributed by atoms with Crippen molar-refractivity contribution in [1.29, 1.82) is 0 Å². The van der Waals surface area contributed by atoms with Crippen molar-refractivity contribution >= 4 is 44.7 Å². The van der Waals surface area contributed by atoms with Crippen molar-refractivity contribution in [2.45, 2.75) is 4.57 Å². The van der Waals surface area contributed by atoms with E-state index in [2.05, 4.69) is 52.0 Å². The van der Waals surface area contributed by atoms with Crippen molar-refractivity contribution in [3.8, 4) is 5.75 Å². The maximum absolute atomic E-state index is 5.46. The van der Waals surface area contributed by atoms with Crippen molar-refractivity contribution < 1.29 is 4.74 Å². The summed E-state index contributed by atoms with van der Waals surface area (Å²) in [7, 11) is 1.62. The Kier molecular flexibility index (Phi) is 2.83. The van der Waals surface area contributed by atoms with Crippen LogP contribution in [0.2, 0.25) is 0 Å². The summed E-state index contributed by atoms with van der Waals surface area (Å²) in [6.45, 7) is 0. The van der Waals surface area contributed by atoms with Crippen LogP contribution >= 0.6 is 15.9 Å². The number of ether oxygens (including phenoxy) is 1. The van der Waals surface area contributed by atoms with Crippen LogP contribution < -0.4 is 15.4 Å². The van der Waals surface area contributed by atoms with Crippen molar-refractivity contribution in [3.63, 3.8) is 0 Å². The monoisotopic (exact) mass is 361 g/mol. The fourth-order valence-electron chi connectivity index (χ4n) is 2.42. The molecule has 9 heteroatoms. The highest BCUT2D eigenvalue weighted by molar-refractivity contribution is 9.09. The van der Waals surface area contributed by atoms with E-state index in [0.717, 1.165) is 28.0 Å². The number of nitrogens with one attached hydrogen (secondary N) is 4. The topological polar surface area (TPSA) is 103 Å². The number of nitrogens with zero attached hydrogens (tertiary/aromatic N) is 3. The third-order valence-corrected chi connectivity index (χ3v) is 4.34. The summed E-state index contributed by atoms with van der Waals surface area (Å²) in [4.78, 5) is 4.44. The fraction of sp³-hybridized carbons (Fsp3) is 0.154. The maximum atomic E-state index is 5.46. The maximum Gasteiger partial charge on any atom is 0.219 e. The Morgan fingerprint density at radius 2 is 2.09 bits per heavy atom. The first-order chi connectivity index (χ1) is 10.7. The molecule has 4 rings (SSSR count). The smallest absolute Gasteiger partial charge is 0.219 e. The highest BCUT2D eigenvalue weighted by Crippen LogP contribution is 2.42. The lowest BCUT2D eigenvalue weighted by atomic mass is 10.2. The van der Waals surface area contributed by atoms with Gasteiger partial charge in [-0.05, 0) is 22.0 Å². The molecular weight excluding hydrogens is 350 g/mol. The number of fused-ring (bicyclic) bond motifs is 2. The second kappa shape index (κ2) is 4.73. The van der Waals surface area contributed by atoms with Crippen molar-refractivity contribution in [1.82, 2.24) is 20.4 Å². The molecule has 0 aliphatic carbocycles. The molecule has 3 heterocycles. The van der Waals surface area contributed by atoms with E-state index < -0.39 is 4.57 Å².